The van der Waals surface area contributed by atoms with Gasteiger partial charge in [-0.3, -0.25) is 9.59 Å². The van der Waals surface area contributed by atoms with Crippen molar-refractivity contribution in [3.8, 4) is 0 Å². The molecular weight excluding hydrogens is 364 g/mol. The Morgan fingerprint density at radius 3 is 2.21 bits per heavy atom. The van der Waals surface area contributed by atoms with Crippen LogP contribution in [-0.2, 0) is 21.5 Å². The Hall–Kier alpha value is -2.66. The van der Waals surface area contributed by atoms with Crippen LogP contribution in [0, 0.1) is 0 Å². The maximum Gasteiger partial charge on any atom is 0.251 e. The van der Waals surface area contributed by atoms with Crippen molar-refractivity contribution in [2.45, 2.75) is 45.7 Å². The van der Waals surface area contributed by atoms with Gasteiger partial charge in [0.15, 0.2) is 0 Å². The Bertz CT molecular complexity index is 795. The fraction of sp³-hybridized carbons (Fsp3) is 0.417. The first-order chi connectivity index (χ1) is 13.7. The first kappa shape index (κ1) is 22.6. The lowest BCUT2D eigenvalue weighted by molar-refractivity contribution is -0.134. The number of ether oxygens (including phenoxy) is 1. The molecule has 29 heavy (non-hydrogen) atoms. The smallest absolute Gasteiger partial charge is 0.251 e. The zero-order valence-electron chi connectivity index (χ0n) is 18.1. The van der Waals surface area contributed by atoms with Gasteiger partial charge in [0.05, 0.1) is 6.61 Å². The molecule has 0 aliphatic rings. The predicted molar refractivity (Wildman–Crippen MR) is 116 cm³/mol. The zero-order chi connectivity index (χ0) is 21.4. The molecule has 0 fully saturated rings. The van der Waals surface area contributed by atoms with E-state index >= 15 is 0 Å². The van der Waals surface area contributed by atoms with Crippen molar-refractivity contribution >= 4 is 11.8 Å². The molecule has 1 N–H and O–H groups in total. The van der Waals surface area contributed by atoms with Crippen LogP contribution in [0.4, 0.5) is 0 Å². The number of rotatable bonds is 8. The van der Waals surface area contributed by atoms with Gasteiger partial charge in [-0.15, -0.1) is 0 Å². The van der Waals surface area contributed by atoms with Crippen molar-refractivity contribution in [1.29, 1.82) is 0 Å². The normalized spacial score (nSPS) is 12.3. The van der Waals surface area contributed by atoms with E-state index in [0.29, 0.717) is 25.3 Å². The molecule has 1 unspecified atom stereocenters. The van der Waals surface area contributed by atoms with Gasteiger partial charge in [-0.05, 0) is 35.6 Å². The van der Waals surface area contributed by atoms with Gasteiger partial charge >= 0.3 is 0 Å². The Labute approximate surface area is 174 Å². The van der Waals surface area contributed by atoms with Crippen molar-refractivity contribution in [3.63, 3.8) is 0 Å². The monoisotopic (exact) mass is 396 g/mol. The zero-order valence-corrected chi connectivity index (χ0v) is 18.1. The van der Waals surface area contributed by atoms with Crippen LogP contribution in [0.3, 0.4) is 0 Å². The van der Waals surface area contributed by atoms with E-state index in [9.17, 15) is 9.59 Å². The quantitative estimate of drug-likeness (QED) is 0.739. The number of carbonyl (C=O) groups is 2. The number of hydrogen-bond donors (Lipinski definition) is 1. The number of methoxy groups -OCH3 is 1. The molecule has 0 saturated heterocycles. The molecule has 1 atom stereocenters. The summed E-state index contributed by atoms with van der Waals surface area (Å²) in [5.41, 5.74) is 2.77. The van der Waals surface area contributed by atoms with E-state index in [1.807, 2.05) is 42.5 Å². The van der Waals surface area contributed by atoms with Gasteiger partial charge in [0.2, 0.25) is 5.91 Å². The molecule has 5 nitrogen and oxygen atoms in total. The summed E-state index contributed by atoms with van der Waals surface area (Å²) in [7, 11) is 1.61. The average Bonchev–Trinajstić information content (AvgIpc) is 2.70. The number of nitrogens with one attached hydrogen (secondary N) is 1. The third-order valence-corrected chi connectivity index (χ3v) is 4.82. The van der Waals surface area contributed by atoms with Crippen molar-refractivity contribution in [3.05, 3.63) is 71.3 Å². The lowest BCUT2D eigenvalue weighted by atomic mass is 9.86. The summed E-state index contributed by atoms with van der Waals surface area (Å²) in [6.45, 7) is 9.48. The van der Waals surface area contributed by atoms with Crippen LogP contribution in [-0.4, -0.2) is 43.0 Å². The standard InChI is InChI=1S/C24H32N2O3/c1-18(25-22(27)20-11-13-21(14-12-20)24(2,3)4)23(28)26(15-16-29-5)17-19-9-7-6-8-10-19/h6-14,18H,15-17H2,1-5H3,(H,25,27). The molecule has 2 amide bonds. The molecule has 2 aromatic rings. The van der Waals surface area contributed by atoms with E-state index in [0.717, 1.165) is 11.1 Å². The number of nitrogens with zero attached hydrogens (tertiary/aromatic N) is 1. The molecular formula is C24H32N2O3. The Balaban J connectivity index is 2.04. The van der Waals surface area contributed by atoms with Crippen molar-refractivity contribution in [1.82, 2.24) is 10.2 Å². The van der Waals surface area contributed by atoms with E-state index in [4.69, 9.17) is 4.74 Å². The van der Waals surface area contributed by atoms with Crippen LogP contribution in [0.25, 0.3) is 0 Å². The lowest BCUT2D eigenvalue weighted by Gasteiger charge is -2.26. The molecule has 2 aromatic carbocycles. The molecule has 0 aliphatic heterocycles. The SMILES string of the molecule is COCCN(Cc1ccccc1)C(=O)C(C)NC(=O)c1ccc(C(C)(C)C)cc1. The van der Waals surface area contributed by atoms with Crippen LogP contribution >= 0.6 is 0 Å². The Morgan fingerprint density at radius 2 is 1.66 bits per heavy atom. The fourth-order valence-corrected chi connectivity index (χ4v) is 3.01. The van der Waals surface area contributed by atoms with Crippen LogP contribution in [0.2, 0.25) is 0 Å². The van der Waals surface area contributed by atoms with Gasteiger partial charge < -0.3 is 15.0 Å². The minimum atomic E-state index is -0.634. The van der Waals surface area contributed by atoms with Gasteiger partial charge in [0.25, 0.3) is 5.91 Å². The highest BCUT2D eigenvalue weighted by atomic mass is 16.5. The van der Waals surface area contributed by atoms with E-state index in [1.165, 1.54) is 0 Å². The molecule has 0 aliphatic carbocycles. The molecule has 156 valence electrons. The second-order valence-electron chi connectivity index (χ2n) is 8.26. The fourth-order valence-electron chi connectivity index (χ4n) is 3.01. The second-order valence-corrected chi connectivity index (χ2v) is 8.26. The van der Waals surface area contributed by atoms with Crippen LogP contribution in [0.15, 0.2) is 54.6 Å². The average molecular weight is 397 g/mol. The second kappa shape index (κ2) is 10.2. The highest BCUT2D eigenvalue weighted by Crippen LogP contribution is 2.22. The number of hydrogen-bond acceptors (Lipinski definition) is 3. The molecule has 2 rings (SSSR count). The highest BCUT2D eigenvalue weighted by Gasteiger charge is 2.23. The summed E-state index contributed by atoms with van der Waals surface area (Å²) in [5, 5.41) is 2.83. The maximum atomic E-state index is 13.0. The number of carbonyl (C=O) groups excluding carboxylic acids is 2. The van der Waals surface area contributed by atoms with E-state index < -0.39 is 6.04 Å². The molecule has 0 heterocycles. The van der Waals surface area contributed by atoms with Crippen LogP contribution in [0.1, 0.15) is 49.2 Å². The summed E-state index contributed by atoms with van der Waals surface area (Å²) in [6, 6.07) is 16.7. The van der Waals surface area contributed by atoms with E-state index in [-0.39, 0.29) is 17.2 Å². The third kappa shape index (κ3) is 6.71. The molecule has 0 radical (unpaired) electrons. The third-order valence-electron chi connectivity index (χ3n) is 4.82. The van der Waals surface area contributed by atoms with Gasteiger partial charge in [0.1, 0.15) is 6.04 Å². The van der Waals surface area contributed by atoms with Crippen molar-refractivity contribution in [2.24, 2.45) is 0 Å². The van der Waals surface area contributed by atoms with Gasteiger partial charge in [0, 0.05) is 25.8 Å². The van der Waals surface area contributed by atoms with Gasteiger partial charge in [-0.25, -0.2) is 0 Å². The first-order valence-electron chi connectivity index (χ1n) is 9.95. The van der Waals surface area contributed by atoms with E-state index in [2.05, 4.69) is 26.1 Å². The Kier molecular flexibility index (Phi) is 7.97. The van der Waals surface area contributed by atoms with Gasteiger partial charge in [-0.2, -0.15) is 0 Å². The van der Waals surface area contributed by atoms with E-state index in [1.54, 1.807) is 31.1 Å². The van der Waals surface area contributed by atoms with Crippen molar-refractivity contribution < 1.29 is 14.3 Å². The maximum absolute atomic E-state index is 13.0. The molecule has 0 saturated carbocycles. The summed E-state index contributed by atoms with van der Waals surface area (Å²) in [5.74, 6) is -0.386. The highest BCUT2D eigenvalue weighted by molar-refractivity contribution is 5.97. The lowest BCUT2D eigenvalue weighted by Crippen LogP contribution is -2.47. The Morgan fingerprint density at radius 1 is 1.03 bits per heavy atom. The van der Waals surface area contributed by atoms with Gasteiger partial charge in [-0.1, -0.05) is 63.2 Å². The minimum absolute atomic E-state index is 0.0253. The van der Waals surface area contributed by atoms with Crippen molar-refractivity contribution in [2.75, 3.05) is 20.3 Å². The summed E-state index contributed by atoms with van der Waals surface area (Å²) in [4.78, 5) is 27.3. The number of benzene rings is 2. The minimum Gasteiger partial charge on any atom is -0.383 e. The molecule has 0 bridgehead atoms. The molecule has 0 aromatic heterocycles. The van der Waals surface area contributed by atoms with Crippen LogP contribution in [0.5, 0.6) is 0 Å². The largest absolute Gasteiger partial charge is 0.383 e. The predicted octanol–water partition coefficient (Wildman–Crippen LogP) is 3.78. The topological polar surface area (TPSA) is 58.6 Å². The van der Waals surface area contributed by atoms with Crippen LogP contribution < -0.4 is 5.32 Å². The molecule has 0 spiro atoms. The summed E-state index contributed by atoms with van der Waals surface area (Å²) in [6.07, 6.45) is 0. The number of amides is 2. The summed E-state index contributed by atoms with van der Waals surface area (Å²) < 4.78 is 5.15. The molecule has 5 heteroatoms. The summed E-state index contributed by atoms with van der Waals surface area (Å²) >= 11 is 0. The first-order valence-corrected chi connectivity index (χ1v) is 9.95.